The molecule has 0 aliphatic rings. The number of amides is 1. The molecule has 0 saturated heterocycles. The number of hydrogen-bond donors (Lipinski definition) is 2. The fraction of sp³-hybridized carbons (Fsp3) is 0.692. The second-order valence-corrected chi connectivity index (χ2v) is 5.99. The highest BCUT2D eigenvalue weighted by Gasteiger charge is 2.27. The Hall–Kier alpha value is -1.14. The second-order valence-electron chi connectivity index (χ2n) is 5.17. The summed E-state index contributed by atoms with van der Waals surface area (Å²) in [7, 11) is 0. The van der Waals surface area contributed by atoms with Gasteiger partial charge in [0.05, 0.1) is 5.60 Å². The van der Waals surface area contributed by atoms with Crippen LogP contribution in [0.5, 0.6) is 0 Å². The normalized spacial score (nSPS) is 15.8. The topological polar surface area (TPSA) is 71.3 Å². The van der Waals surface area contributed by atoms with Crippen molar-refractivity contribution >= 4 is 17.2 Å². The van der Waals surface area contributed by atoms with Gasteiger partial charge in [0, 0.05) is 17.6 Å². The van der Waals surface area contributed by atoms with Crippen LogP contribution in [-0.2, 0) is 11.3 Å². The number of carbonyl (C=O) groups excluding carboxylic acids is 1. The first kappa shape index (κ1) is 15.9. The number of aliphatic hydroxyl groups is 1. The predicted octanol–water partition coefficient (Wildman–Crippen LogP) is 1.13. The number of carbonyl (C=O) groups is 1. The predicted molar refractivity (Wildman–Crippen MR) is 76.4 cm³/mol. The summed E-state index contributed by atoms with van der Waals surface area (Å²) < 4.78 is 1.43. The Morgan fingerprint density at radius 2 is 2.26 bits per heavy atom. The summed E-state index contributed by atoms with van der Waals surface area (Å²) in [5, 5.41) is 14.6. The van der Waals surface area contributed by atoms with Gasteiger partial charge in [-0.25, -0.2) is 0 Å². The Morgan fingerprint density at radius 3 is 2.74 bits per heavy atom. The summed E-state index contributed by atoms with van der Waals surface area (Å²) in [6.07, 6.45) is 0.839. The minimum Gasteiger partial charge on any atom is -0.388 e. The lowest BCUT2D eigenvalue weighted by Crippen LogP contribution is -2.46. The van der Waals surface area contributed by atoms with E-state index in [-0.39, 0.29) is 29.8 Å². The van der Waals surface area contributed by atoms with Gasteiger partial charge in [0.15, 0.2) is 0 Å². The Balaban J connectivity index is 2.56. The van der Waals surface area contributed by atoms with Gasteiger partial charge in [0.25, 0.3) is 0 Å². The lowest BCUT2D eigenvalue weighted by Gasteiger charge is -2.29. The Kier molecular flexibility index (Phi) is 5.31. The van der Waals surface area contributed by atoms with Crippen molar-refractivity contribution in [2.75, 3.05) is 6.54 Å². The molecule has 1 rings (SSSR count). The number of hydrogen-bond acceptors (Lipinski definition) is 4. The van der Waals surface area contributed by atoms with Crippen molar-refractivity contribution in [1.29, 1.82) is 0 Å². The van der Waals surface area contributed by atoms with Gasteiger partial charge in [0.1, 0.15) is 6.54 Å². The van der Waals surface area contributed by atoms with E-state index in [1.165, 1.54) is 4.57 Å². The lowest BCUT2D eigenvalue weighted by molar-refractivity contribution is -0.123. The van der Waals surface area contributed by atoms with Gasteiger partial charge in [-0.15, -0.1) is 0 Å². The monoisotopic (exact) mass is 286 g/mol. The SMILES string of the molecule is CCC(C)C(C)(O)CNC(=O)Cn1c(C)csc1=O. The van der Waals surface area contributed by atoms with Crippen LogP contribution in [0.4, 0.5) is 0 Å². The van der Waals surface area contributed by atoms with Gasteiger partial charge in [-0.3, -0.25) is 14.2 Å². The molecule has 0 aliphatic heterocycles. The highest BCUT2D eigenvalue weighted by atomic mass is 32.1. The number of rotatable bonds is 6. The molecular weight excluding hydrogens is 264 g/mol. The molecule has 1 aromatic rings. The van der Waals surface area contributed by atoms with Crippen LogP contribution in [0, 0.1) is 12.8 Å². The van der Waals surface area contributed by atoms with E-state index in [0.29, 0.717) is 0 Å². The van der Waals surface area contributed by atoms with Crippen molar-refractivity contribution in [3.63, 3.8) is 0 Å². The van der Waals surface area contributed by atoms with Gasteiger partial charge in [-0.1, -0.05) is 31.6 Å². The first-order chi connectivity index (χ1) is 8.77. The summed E-state index contributed by atoms with van der Waals surface area (Å²) >= 11 is 1.08. The van der Waals surface area contributed by atoms with Crippen LogP contribution in [-0.4, -0.2) is 27.7 Å². The molecule has 0 aromatic carbocycles. The van der Waals surface area contributed by atoms with Gasteiger partial charge < -0.3 is 10.4 Å². The average molecular weight is 286 g/mol. The smallest absolute Gasteiger partial charge is 0.307 e. The van der Waals surface area contributed by atoms with Crippen molar-refractivity contribution in [2.24, 2.45) is 5.92 Å². The van der Waals surface area contributed by atoms with Crippen molar-refractivity contribution in [1.82, 2.24) is 9.88 Å². The molecule has 0 saturated carbocycles. The molecular formula is C13H22N2O3S. The molecule has 6 heteroatoms. The van der Waals surface area contributed by atoms with E-state index in [9.17, 15) is 14.7 Å². The standard InChI is InChI=1S/C13H22N2O3S/c1-5-9(2)13(4,18)8-14-11(16)6-15-10(3)7-19-12(15)17/h7,9,18H,5-6,8H2,1-4H3,(H,14,16). The first-order valence-corrected chi connectivity index (χ1v) is 7.30. The average Bonchev–Trinajstić information content (AvgIpc) is 2.67. The molecule has 2 atom stereocenters. The highest BCUT2D eigenvalue weighted by molar-refractivity contribution is 7.07. The van der Waals surface area contributed by atoms with Crippen molar-refractivity contribution in [3.05, 3.63) is 20.7 Å². The molecule has 1 aromatic heterocycles. The number of nitrogens with zero attached hydrogens (tertiary/aromatic N) is 1. The summed E-state index contributed by atoms with van der Waals surface area (Å²) in [5.74, 6) is -0.161. The van der Waals surface area contributed by atoms with E-state index in [1.54, 1.807) is 19.2 Å². The molecule has 5 nitrogen and oxygen atoms in total. The second kappa shape index (κ2) is 6.34. The van der Waals surface area contributed by atoms with Crippen molar-refractivity contribution in [2.45, 2.75) is 46.3 Å². The minimum absolute atomic E-state index is 0.00471. The summed E-state index contributed by atoms with van der Waals surface area (Å²) in [4.78, 5) is 23.1. The number of aromatic nitrogens is 1. The van der Waals surface area contributed by atoms with E-state index >= 15 is 0 Å². The molecule has 0 fully saturated rings. The van der Waals surface area contributed by atoms with Gasteiger partial charge in [-0.2, -0.15) is 0 Å². The largest absolute Gasteiger partial charge is 0.388 e. The Morgan fingerprint density at radius 1 is 1.63 bits per heavy atom. The third kappa shape index (κ3) is 4.18. The highest BCUT2D eigenvalue weighted by Crippen LogP contribution is 2.18. The van der Waals surface area contributed by atoms with Gasteiger partial charge in [0.2, 0.25) is 5.91 Å². The van der Waals surface area contributed by atoms with Gasteiger partial charge >= 0.3 is 4.87 Å². The van der Waals surface area contributed by atoms with Crippen LogP contribution in [0.1, 0.15) is 32.9 Å². The molecule has 0 radical (unpaired) electrons. The molecule has 0 bridgehead atoms. The molecule has 2 unspecified atom stereocenters. The third-order valence-electron chi connectivity index (χ3n) is 3.60. The molecule has 108 valence electrons. The maximum atomic E-state index is 11.8. The molecule has 1 heterocycles. The Bertz CT molecular complexity index is 490. The zero-order chi connectivity index (χ0) is 14.6. The third-order valence-corrected chi connectivity index (χ3v) is 4.48. The van der Waals surface area contributed by atoms with Crippen LogP contribution in [0.3, 0.4) is 0 Å². The van der Waals surface area contributed by atoms with Crippen molar-refractivity contribution in [3.8, 4) is 0 Å². The molecule has 0 aliphatic carbocycles. The van der Waals surface area contributed by atoms with E-state index < -0.39 is 5.60 Å². The van der Waals surface area contributed by atoms with E-state index in [1.807, 2.05) is 13.8 Å². The number of aryl methyl sites for hydroxylation is 1. The maximum absolute atomic E-state index is 11.8. The fourth-order valence-corrected chi connectivity index (χ4v) is 2.42. The van der Waals surface area contributed by atoms with Crippen LogP contribution < -0.4 is 10.2 Å². The molecule has 1 amide bonds. The molecule has 2 N–H and O–H groups in total. The van der Waals surface area contributed by atoms with Crippen molar-refractivity contribution < 1.29 is 9.90 Å². The quantitative estimate of drug-likeness (QED) is 0.823. The summed E-state index contributed by atoms with van der Waals surface area (Å²) in [6.45, 7) is 7.64. The first-order valence-electron chi connectivity index (χ1n) is 6.42. The maximum Gasteiger partial charge on any atom is 0.307 e. The molecule has 0 spiro atoms. The summed E-state index contributed by atoms with van der Waals surface area (Å²) in [6, 6.07) is 0. The van der Waals surface area contributed by atoms with Crippen LogP contribution in [0.15, 0.2) is 10.2 Å². The van der Waals surface area contributed by atoms with Crippen LogP contribution >= 0.6 is 11.3 Å². The van der Waals surface area contributed by atoms with Crippen LogP contribution in [0.2, 0.25) is 0 Å². The zero-order valence-electron chi connectivity index (χ0n) is 11.9. The van der Waals surface area contributed by atoms with Gasteiger partial charge in [-0.05, 0) is 19.8 Å². The molecule has 19 heavy (non-hydrogen) atoms. The number of thiazole rings is 1. The fourth-order valence-electron chi connectivity index (χ4n) is 1.69. The van der Waals surface area contributed by atoms with E-state index in [0.717, 1.165) is 23.5 Å². The minimum atomic E-state index is -0.931. The Labute approximate surface area is 117 Å². The summed E-state index contributed by atoms with van der Waals surface area (Å²) in [5.41, 5.74) is -0.155. The van der Waals surface area contributed by atoms with E-state index in [4.69, 9.17) is 0 Å². The van der Waals surface area contributed by atoms with E-state index in [2.05, 4.69) is 5.32 Å². The van der Waals surface area contributed by atoms with Crippen LogP contribution in [0.25, 0.3) is 0 Å². The lowest BCUT2D eigenvalue weighted by atomic mass is 9.89. The number of nitrogens with one attached hydrogen (secondary N) is 1. The zero-order valence-corrected chi connectivity index (χ0v) is 12.7.